The zero-order chi connectivity index (χ0) is 26.2. The highest BCUT2D eigenvalue weighted by Crippen LogP contribution is 2.22. The number of nitrogens with two attached hydrogens (primary N) is 1. The number of hydrogen-bond donors (Lipinski definition) is 5. The number of carbonyl (C=O) groups excluding carboxylic acids is 2. The first-order valence-electron chi connectivity index (χ1n) is 11.6. The van der Waals surface area contributed by atoms with Gasteiger partial charge >= 0.3 is 0 Å². The number of nitrogens with one attached hydrogen (secondary N) is 3. The Morgan fingerprint density at radius 1 is 0.946 bits per heavy atom. The van der Waals surface area contributed by atoms with Crippen molar-refractivity contribution in [2.45, 2.75) is 25.6 Å². The fourth-order valence-corrected chi connectivity index (χ4v) is 3.40. The van der Waals surface area contributed by atoms with Gasteiger partial charge in [0, 0.05) is 36.3 Å². The molecule has 0 fully saturated rings. The third-order valence-electron chi connectivity index (χ3n) is 5.54. The number of nitrogens with zero attached hydrogens (tertiary/aromatic N) is 3. The average molecular weight is 498 g/mol. The first-order chi connectivity index (χ1) is 17.9. The number of rotatable bonds is 9. The van der Waals surface area contributed by atoms with E-state index in [0.717, 1.165) is 16.8 Å². The lowest BCUT2D eigenvalue weighted by Gasteiger charge is -2.17. The summed E-state index contributed by atoms with van der Waals surface area (Å²) in [5.74, 6) is -0.408. The van der Waals surface area contributed by atoms with Crippen LogP contribution in [0.4, 0.5) is 17.3 Å². The maximum atomic E-state index is 12.8. The van der Waals surface area contributed by atoms with Crippen LogP contribution in [0.3, 0.4) is 0 Å². The van der Waals surface area contributed by atoms with Crippen molar-refractivity contribution in [2.75, 3.05) is 16.0 Å². The summed E-state index contributed by atoms with van der Waals surface area (Å²) in [4.78, 5) is 38.0. The molecule has 4 rings (SSSR count). The molecule has 2 aromatic heterocycles. The first-order valence-corrected chi connectivity index (χ1v) is 11.6. The molecular weight excluding hydrogens is 470 g/mol. The Morgan fingerprint density at radius 2 is 1.68 bits per heavy atom. The van der Waals surface area contributed by atoms with E-state index in [1.807, 2.05) is 30.3 Å². The van der Waals surface area contributed by atoms with Crippen molar-refractivity contribution in [2.24, 2.45) is 5.73 Å². The number of pyridine rings is 1. The van der Waals surface area contributed by atoms with Crippen molar-refractivity contribution in [1.82, 2.24) is 15.0 Å². The summed E-state index contributed by atoms with van der Waals surface area (Å²) in [6, 6.07) is 18.4. The van der Waals surface area contributed by atoms with Crippen LogP contribution in [-0.4, -0.2) is 44.0 Å². The third kappa shape index (κ3) is 6.72. The predicted molar refractivity (Wildman–Crippen MR) is 142 cm³/mol. The molecule has 6 N–H and O–H groups in total. The number of carbonyl (C=O) groups is 2. The van der Waals surface area contributed by atoms with Gasteiger partial charge in [0.1, 0.15) is 6.04 Å². The third-order valence-corrected chi connectivity index (χ3v) is 5.54. The van der Waals surface area contributed by atoms with E-state index < -0.39 is 18.1 Å². The highest BCUT2D eigenvalue weighted by Gasteiger charge is 2.20. The van der Waals surface area contributed by atoms with Gasteiger partial charge in [-0.25, -0.2) is 9.97 Å². The highest BCUT2D eigenvalue weighted by molar-refractivity contribution is 6.07. The zero-order valence-corrected chi connectivity index (χ0v) is 20.1. The van der Waals surface area contributed by atoms with Gasteiger partial charge < -0.3 is 26.8 Å². The Labute approximate surface area is 214 Å². The number of aromatic nitrogens is 3. The molecule has 0 aliphatic carbocycles. The molecule has 10 heteroatoms. The van der Waals surface area contributed by atoms with E-state index in [1.54, 1.807) is 55.0 Å². The molecule has 0 saturated carbocycles. The second-order valence-electron chi connectivity index (χ2n) is 8.31. The van der Waals surface area contributed by atoms with Gasteiger partial charge in [0.25, 0.3) is 5.91 Å². The molecule has 0 aliphatic rings. The van der Waals surface area contributed by atoms with Crippen LogP contribution in [0.1, 0.15) is 22.8 Å². The molecule has 2 heterocycles. The van der Waals surface area contributed by atoms with Crippen molar-refractivity contribution in [3.63, 3.8) is 0 Å². The fraction of sp³-hybridized carbons (Fsp3) is 0.148. The molecule has 0 aliphatic heterocycles. The molecule has 2 aromatic carbocycles. The number of hydrogen-bond acceptors (Lipinski definition) is 8. The molecule has 10 nitrogen and oxygen atoms in total. The number of anilines is 3. The predicted octanol–water partition coefficient (Wildman–Crippen LogP) is 3.05. The molecule has 0 saturated heterocycles. The molecular formula is C27H27N7O3. The Kier molecular flexibility index (Phi) is 8.14. The molecule has 0 unspecified atom stereocenters. The summed E-state index contributed by atoms with van der Waals surface area (Å²) in [5, 5.41) is 18.2. The van der Waals surface area contributed by atoms with Crippen molar-refractivity contribution in [3.05, 3.63) is 96.4 Å². The average Bonchev–Trinajstić information content (AvgIpc) is 2.93. The van der Waals surface area contributed by atoms with Gasteiger partial charge in [-0.1, -0.05) is 24.3 Å². The Morgan fingerprint density at radius 3 is 2.35 bits per heavy atom. The molecule has 37 heavy (non-hydrogen) atoms. The molecule has 0 bridgehead atoms. The van der Waals surface area contributed by atoms with Crippen molar-refractivity contribution in [3.8, 4) is 11.3 Å². The monoisotopic (exact) mass is 497 g/mol. The van der Waals surface area contributed by atoms with Gasteiger partial charge in [0.2, 0.25) is 11.9 Å². The van der Waals surface area contributed by atoms with Crippen molar-refractivity contribution < 1.29 is 14.7 Å². The molecule has 0 radical (unpaired) electrons. The minimum absolute atomic E-state index is 0.339. The van der Waals surface area contributed by atoms with Crippen molar-refractivity contribution >= 4 is 29.1 Å². The zero-order valence-electron chi connectivity index (χ0n) is 20.1. The lowest BCUT2D eigenvalue weighted by Crippen LogP contribution is -2.43. The van der Waals surface area contributed by atoms with Gasteiger partial charge in [0.05, 0.1) is 23.2 Å². The number of benzene rings is 2. The number of aliphatic hydroxyl groups excluding tert-OH is 1. The highest BCUT2D eigenvalue weighted by atomic mass is 16.3. The molecule has 0 spiro atoms. The number of aliphatic hydroxyl groups is 1. The first kappa shape index (κ1) is 25.4. The van der Waals surface area contributed by atoms with Crippen LogP contribution in [0.2, 0.25) is 0 Å². The van der Waals surface area contributed by atoms with E-state index >= 15 is 0 Å². The Bertz CT molecular complexity index is 1360. The van der Waals surface area contributed by atoms with Gasteiger partial charge in [-0.2, -0.15) is 0 Å². The maximum Gasteiger partial charge on any atom is 0.255 e. The van der Waals surface area contributed by atoms with E-state index in [1.165, 1.54) is 6.92 Å². The van der Waals surface area contributed by atoms with Gasteiger partial charge in [0.15, 0.2) is 0 Å². The second kappa shape index (κ2) is 11.8. The topological polar surface area (TPSA) is 155 Å². The minimum Gasteiger partial charge on any atom is -0.391 e. The SMILES string of the molecule is C[C@@H](O)[C@H](N)C(=O)Nc1ccccc1NC(=O)c1ccc(CNc2nccc(-c3cccnc3)n2)cc1. The van der Waals surface area contributed by atoms with E-state index in [-0.39, 0.29) is 5.91 Å². The van der Waals surface area contributed by atoms with E-state index in [4.69, 9.17) is 5.73 Å². The summed E-state index contributed by atoms with van der Waals surface area (Å²) in [7, 11) is 0. The standard InChI is InChI=1S/C27H27N7O3/c1-17(35)24(28)26(37)33-23-7-3-2-6-22(23)32-25(36)19-10-8-18(9-11-19)15-31-27-30-14-12-21(34-27)20-5-4-13-29-16-20/h2-14,16-17,24,35H,15,28H2,1H3,(H,32,36)(H,33,37)(H,30,31,34)/t17-,24+/m1/s1. The van der Waals surface area contributed by atoms with Crippen LogP contribution < -0.4 is 21.7 Å². The van der Waals surface area contributed by atoms with Crippen LogP contribution in [0.25, 0.3) is 11.3 Å². The number of para-hydroxylation sites is 2. The second-order valence-corrected chi connectivity index (χ2v) is 8.31. The molecule has 2 atom stereocenters. The van der Waals surface area contributed by atoms with Crippen LogP contribution >= 0.6 is 0 Å². The van der Waals surface area contributed by atoms with Crippen LogP contribution in [0, 0.1) is 0 Å². The van der Waals surface area contributed by atoms with Crippen molar-refractivity contribution in [1.29, 1.82) is 0 Å². The molecule has 4 aromatic rings. The van der Waals surface area contributed by atoms with E-state index in [2.05, 4.69) is 30.9 Å². The van der Waals surface area contributed by atoms with Gasteiger partial charge in [-0.05, 0) is 55.0 Å². The summed E-state index contributed by atoms with van der Waals surface area (Å²) < 4.78 is 0. The smallest absolute Gasteiger partial charge is 0.255 e. The summed E-state index contributed by atoms with van der Waals surface area (Å²) in [6.45, 7) is 1.90. The molecule has 188 valence electrons. The number of amides is 2. The van der Waals surface area contributed by atoms with Gasteiger partial charge in [-0.3, -0.25) is 14.6 Å². The van der Waals surface area contributed by atoms with E-state index in [0.29, 0.717) is 29.4 Å². The normalized spacial score (nSPS) is 12.3. The summed E-state index contributed by atoms with van der Waals surface area (Å²) in [6.07, 6.45) is 4.13. The van der Waals surface area contributed by atoms with Gasteiger partial charge in [-0.15, -0.1) is 0 Å². The Hall–Kier alpha value is -4.67. The maximum absolute atomic E-state index is 12.8. The van der Waals surface area contributed by atoms with Crippen LogP contribution in [-0.2, 0) is 11.3 Å². The van der Waals surface area contributed by atoms with E-state index in [9.17, 15) is 14.7 Å². The summed E-state index contributed by atoms with van der Waals surface area (Å²) in [5.41, 5.74) is 9.53. The minimum atomic E-state index is -1.09. The quantitative estimate of drug-likeness (QED) is 0.236. The fourth-order valence-electron chi connectivity index (χ4n) is 3.40. The molecule has 2 amide bonds. The Balaban J connectivity index is 1.37. The lowest BCUT2D eigenvalue weighted by molar-refractivity contribution is -0.119. The lowest BCUT2D eigenvalue weighted by atomic mass is 10.1. The largest absolute Gasteiger partial charge is 0.391 e. The summed E-state index contributed by atoms with van der Waals surface area (Å²) >= 11 is 0. The van der Waals surface area contributed by atoms with Crippen LogP contribution in [0.15, 0.2) is 85.3 Å². The van der Waals surface area contributed by atoms with Crippen LogP contribution in [0.5, 0.6) is 0 Å².